The van der Waals surface area contributed by atoms with E-state index in [-0.39, 0.29) is 30.6 Å². The number of ether oxygens (including phenoxy) is 4. The van der Waals surface area contributed by atoms with Gasteiger partial charge in [0.25, 0.3) is 5.69 Å². The minimum atomic E-state index is -0.941. The lowest BCUT2D eigenvalue weighted by atomic mass is 9.75. The molecule has 202 valence electrons. The standard InChI is InChI=1S/C28H32N2O8/c1-17(35-4)15-20-9-11-23(12-10-20)37-13-14-38-28(32)25-19(3)29-18(2)24(27(31)36-5)26(25)21-7-6-8-22(16-21)30(33)34/h6-12,16-17,24,26H,13-15H2,1-5H3/t17-,24?,26?/m0/s1. The maximum atomic E-state index is 13.3. The Hall–Kier alpha value is -4.05. The average molecular weight is 525 g/mol. The average Bonchev–Trinajstić information content (AvgIpc) is 2.91. The summed E-state index contributed by atoms with van der Waals surface area (Å²) in [6, 6.07) is 13.4. The van der Waals surface area contributed by atoms with Crippen molar-refractivity contribution < 1.29 is 33.5 Å². The predicted molar refractivity (Wildman–Crippen MR) is 140 cm³/mol. The molecule has 1 aliphatic rings. The van der Waals surface area contributed by atoms with E-state index in [2.05, 4.69) is 4.99 Å². The van der Waals surface area contributed by atoms with Gasteiger partial charge in [-0.1, -0.05) is 24.3 Å². The van der Waals surface area contributed by atoms with Crippen LogP contribution < -0.4 is 4.74 Å². The first kappa shape index (κ1) is 28.5. The second-order valence-electron chi connectivity index (χ2n) is 8.96. The molecule has 0 amide bonds. The fraction of sp³-hybridized carbons (Fsp3) is 0.393. The summed E-state index contributed by atoms with van der Waals surface area (Å²) < 4.78 is 21.5. The highest BCUT2D eigenvalue weighted by atomic mass is 16.6. The Morgan fingerprint density at radius 3 is 2.42 bits per heavy atom. The van der Waals surface area contributed by atoms with Gasteiger partial charge in [0.05, 0.1) is 23.7 Å². The Labute approximate surface area is 221 Å². The molecular formula is C28H32N2O8. The lowest BCUT2D eigenvalue weighted by Crippen LogP contribution is -2.36. The molecule has 2 unspecified atom stereocenters. The summed E-state index contributed by atoms with van der Waals surface area (Å²) in [6.45, 7) is 5.35. The van der Waals surface area contributed by atoms with Gasteiger partial charge < -0.3 is 18.9 Å². The number of nitro groups is 1. The molecule has 1 aliphatic heterocycles. The number of allylic oxidation sites excluding steroid dienone is 1. The quantitative estimate of drug-likeness (QED) is 0.183. The topological polar surface area (TPSA) is 127 Å². The van der Waals surface area contributed by atoms with Gasteiger partial charge in [0.2, 0.25) is 0 Å². The number of rotatable bonds is 11. The van der Waals surface area contributed by atoms with Crippen molar-refractivity contribution in [2.24, 2.45) is 10.9 Å². The van der Waals surface area contributed by atoms with Crippen LogP contribution in [0.2, 0.25) is 0 Å². The third kappa shape index (κ3) is 6.83. The van der Waals surface area contributed by atoms with Crippen molar-refractivity contribution in [3.8, 4) is 5.75 Å². The van der Waals surface area contributed by atoms with Gasteiger partial charge in [-0.05, 0) is 50.5 Å². The molecule has 3 atom stereocenters. The van der Waals surface area contributed by atoms with E-state index in [1.54, 1.807) is 27.0 Å². The molecule has 0 aliphatic carbocycles. The van der Waals surface area contributed by atoms with Crippen molar-refractivity contribution >= 4 is 23.3 Å². The minimum absolute atomic E-state index is 0.0503. The van der Waals surface area contributed by atoms with Gasteiger partial charge in [-0.2, -0.15) is 0 Å². The normalized spacial score (nSPS) is 17.9. The minimum Gasteiger partial charge on any atom is -0.490 e. The van der Waals surface area contributed by atoms with Gasteiger partial charge >= 0.3 is 11.9 Å². The summed E-state index contributed by atoms with van der Waals surface area (Å²) >= 11 is 0. The number of methoxy groups -OCH3 is 2. The van der Waals surface area contributed by atoms with E-state index in [9.17, 15) is 19.7 Å². The van der Waals surface area contributed by atoms with E-state index in [1.165, 1.54) is 25.3 Å². The Morgan fingerprint density at radius 2 is 1.79 bits per heavy atom. The van der Waals surface area contributed by atoms with Crippen LogP contribution in [0.4, 0.5) is 5.69 Å². The maximum Gasteiger partial charge on any atom is 0.336 e. The van der Waals surface area contributed by atoms with Crippen LogP contribution in [0.5, 0.6) is 5.75 Å². The molecule has 0 aromatic heterocycles. The first-order chi connectivity index (χ1) is 18.2. The lowest BCUT2D eigenvalue weighted by Gasteiger charge is -2.31. The third-order valence-electron chi connectivity index (χ3n) is 6.38. The highest BCUT2D eigenvalue weighted by Crippen LogP contribution is 2.40. The molecule has 3 rings (SSSR count). The van der Waals surface area contributed by atoms with Gasteiger partial charge in [0.15, 0.2) is 0 Å². The van der Waals surface area contributed by atoms with Crippen molar-refractivity contribution in [3.05, 3.63) is 81.0 Å². The van der Waals surface area contributed by atoms with Crippen LogP contribution in [0.1, 0.15) is 37.8 Å². The van der Waals surface area contributed by atoms with E-state index in [1.807, 2.05) is 31.2 Å². The maximum absolute atomic E-state index is 13.3. The molecule has 0 saturated carbocycles. The van der Waals surface area contributed by atoms with Gasteiger partial charge in [0.1, 0.15) is 24.9 Å². The SMILES string of the molecule is COC(=O)C1C(C)=NC(C)=C(C(=O)OCCOc2ccc(C[C@H](C)OC)cc2)C1c1cccc([N+](=O)[O-])c1. The van der Waals surface area contributed by atoms with Crippen LogP contribution in [0, 0.1) is 16.0 Å². The van der Waals surface area contributed by atoms with E-state index >= 15 is 0 Å². The first-order valence-corrected chi connectivity index (χ1v) is 12.2. The summed E-state index contributed by atoms with van der Waals surface area (Å²) in [6.07, 6.45) is 0.889. The Balaban J connectivity index is 1.75. The lowest BCUT2D eigenvalue weighted by molar-refractivity contribution is -0.384. The second-order valence-corrected chi connectivity index (χ2v) is 8.96. The van der Waals surface area contributed by atoms with Crippen LogP contribution in [0.3, 0.4) is 0 Å². The summed E-state index contributed by atoms with van der Waals surface area (Å²) in [5.41, 5.74) is 2.31. The number of carbonyl (C=O) groups excluding carboxylic acids is 2. The molecule has 0 fully saturated rings. The molecule has 38 heavy (non-hydrogen) atoms. The molecule has 0 bridgehead atoms. The highest BCUT2D eigenvalue weighted by molar-refractivity contribution is 6.07. The zero-order valence-electron chi connectivity index (χ0n) is 22.1. The Bertz CT molecular complexity index is 1240. The zero-order chi connectivity index (χ0) is 27.8. The highest BCUT2D eigenvalue weighted by Gasteiger charge is 2.42. The molecule has 0 spiro atoms. The largest absolute Gasteiger partial charge is 0.490 e. The number of aliphatic imine (C=N–C) groups is 1. The van der Waals surface area contributed by atoms with E-state index in [0.29, 0.717) is 22.7 Å². The molecule has 10 nitrogen and oxygen atoms in total. The number of benzene rings is 2. The van der Waals surface area contributed by atoms with Crippen LogP contribution in [-0.2, 0) is 30.2 Å². The van der Waals surface area contributed by atoms with Crippen molar-refractivity contribution in [1.29, 1.82) is 0 Å². The van der Waals surface area contributed by atoms with Gasteiger partial charge in [-0.25, -0.2) is 4.79 Å². The molecule has 2 aromatic carbocycles. The fourth-order valence-corrected chi connectivity index (χ4v) is 4.44. The monoisotopic (exact) mass is 524 g/mol. The number of nitrogens with zero attached hydrogens (tertiary/aromatic N) is 2. The summed E-state index contributed by atoms with van der Waals surface area (Å²) in [5, 5.41) is 11.4. The van der Waals surface area contributed by atoms with E-state index < -0.39 is 28.7 Å². The van der Waals surface area contributed by atoms with E-state index in [4.69, 9.17) is 18.9 Å². The Morgan fingerprint density at radius 1 is 1.08 bits per heavy atom. The number of esters is 2. The van der Waals surface area contributed by atoms with Gasteiger partial charge in [-0.15, -0.1) is 0 Å². The van der Waals surface area contributed by atoms with Crippen LogP contribution in [0.15, 0.2) is 64.8 Å². The van der Waals surface area contributed by atoms with Gasteiger partial charge in [0, 0.05) is 36.6 Å². The van der Waals surface area contributed by atoms with Crippen molar-refractivity contribution in [2.45, 2.75) is 39.2 Å². The number of hydrogen-bond donors (Lipinski definition) is 0. The number of nitro benzene ring substituents is 1. The molecule has 0 N–H and O–H groups in total. The van der Waals surface area contributed by atoms with Crippen molar-refractivity contribution in [2.75, 3.05) is 27.4 Å². The molecule has 0 radical (unpaired) electrons. The Kier molecular flexibility index (Phi) is 9.72. The summed E-state index contributed by atoms with van der Waals surface area (Å²) in [5.74, 6) is -2.47. The second kappa shape index (κ2) is 13.0. The van der Waals surface area contributed by atoms with Crippen molar-refractivity contribution in [1.82, 2.24) is 0 Å². The number of hydrogen-bond acceptors (Lipinski definition) is 9. The predicted octanol–water partition coefficient (Wildman–Crippen LogP) is 4.42. The fourth-order valence-electron chi connectivity index (χ4n) is 4.44. The van der Waals surface area contributed by atoms with Gasteiger partial charge in [-0.3, -0.25) is 19.9 Å². The van der Waals surface area contributed by atoms with Crippen LogP contribution >= 0.6 is 0 Å². The smallest absolute Gasteiger partial charge is 0.336 e. The molecular weight excluding hydrogens is 492 g/mol. The summed E-state index contributed by atoms with van der Waals surface area (Å²) in [4.78, 5) is 41.3. The molecule has 0 saturated heterocycles. The van der Waals surface area contributed by atoms with Crippen LogP contribution in [-0.4, -0.2) is 56.1 Å². The molecule has 2 aromatic rings. The van der Waals surface area contributed by atoms with Crippen molar-refractivity contribution in [3.63, 3.8) is 0 Å². The molecule has 10 heteroatoms. The number of carbonyl (C=O) groups is 2. The third-order valence-corrected chi connectivity index (χ3v) is 6.38. The zero-order valence-corrected chi connectivity index (χ0v) is 22.1. The van der Waals surface area contributed by atoms with Crippen LogP contribution in [0.25, 0.3) is 0 Å². The number of non-ortho nitro benzene ring substituents is 1. The molecule has 1 heterocycles. The first-order valence-electron chi connectivity index (χ1n) is 12.2. The summed E-state index contributed by atoms with van der Waals surface area (Å²) in [7, 11) is 2.91. The van der Waals surface area contributed by atoms with E-state index in [0.717, 1.165) is 12.0 Å².